The Kier molecular flexibility index (Phi) is 6.38. The Morgan fingerprint density at radius 3 is 2.86 bits per heavy atom. The second-order valence-electron chi connectivity index (χ2n) is 6.76. The predicted octanol–water partition coefficient (Wildman–Crippen LogP) is 5.04. The topological polar surface area (TPSA) is 21.3 Å². The maximum absolute atomic E-state index is 6.37. The molecule has 0 heterocycles. The molecular formula is C18H28ClNO. The molecule has 1 saturated carbocycles. The van der Waals surface area contributed by atoms with Gasteiger partial charge in [-0.1, -0.05) is 50.9 Å². The molecule has 0 aromatic heterocycles. The number of rotatable bonds is 6. The summed E-state index contributed by atoms with van der Waals surface area (Å²) in [6.45, 7) is 8.56. The summed E-state index contributed by atoms with van der Waals surface area (Å²) in [5.41, 5.74) is 1.17. The lowest BCUT2D eigenvalue weighted by Crippen LogP contribution is -2.25. The first-order valence-electron chi connectivity index (χ1n) is 8.21. The molecule has 118 valence electrons. The van der Waals surface area contributed by atoms with Gasteiger partial charge < -0.3 is 10.1 Å². The summed E-state index contributed by atoms with van der Waals surface area (Å²) in [5.74, 6) is 2.29. The zero-order valence-corrected chi connectivity index (χ0v) is 14.2. The van der Waals surface area contributed by atoms with E-state index in [-0.39, 0.29) is 0 Å². The molecule has 2 rings (SSSR count). The van der Waals surface area contributed by atoms with E-state index in [0.717, 1.165) is 42.6 Å². The van der Waals surface area contributed by atoms with E-state index in [2.05, 4.69) is 32.2 Å². The molecule has 2 unspecified atom stereocenters. The van der Waals surface area contributed by atoms with Gasteiger partial charge in [0.15, 0.2) is 0 Å². The van der Waals surface area contributed by atoms with Gasteiger partial charge >= 0.3 is 0 Å². The van der Waals surface area contributed by atoms with Crippen LogP contribution >= 0.6 is 11.6 Å². The first-order chi connectivity index (χ1) is 10.1. The van der Waals surface area contributed by atoms with Crippen LogP contribution in [0, 0.1) is 11.8 Å². The van der Waals surface area contributed by atoms with E-state index in [0.29, 0.717) is 12.0 Å². The summed E-state index contributed by atoms with van der Waals surface area (Å²) in [7, 11) is 0. The SMILES string of the molecule is CC(C)CNCc1cccc(Cl)c1OC1CCCC(C)C1. The largest absolute Gasteiger partial charge is 0.489 e. The summed E-state index contributed by atoms with van der Waals surface area (Å²) in [6, 6.07) is 6.04. The fourth-order valence-corrected chi connectivity index (χ4v) is 3.21. The Morgan fingerprint density at radius 1 is 1.33 bits per heavy atom. The lowest BCUT2D eigenvalue weighted by molar-refractivity contribution is 0.128. The molecule has 2 nitrogen and oxygen atoms in total. The van der Waals surface area contributed by atoms with Crippen LogP contribution < -0.4 is 10.1 Å². The Bertz CT molecular complexity index is 447. The Hall–Kier alpha value is -0.730. The van der Waals surface area contributed by atoms with Crippen molar-refractivity contribution in [2.75, 3.05) is 6.54 Å². The van der Waals surface area contributed by atoms with E-state index >= 15 is 0 Å². The number of ether oxygens (including phenoxy) is 1. The fourth-order valence-electron chi connectivity index (χ4n) is 2.97. The van der Waals surface area contributed by atoms with Crippen molar-refractivity contribution in [3.8, 4) is 5.75 Å². The third-order valence-electron chi connectivity index (χ3n) is 4.09. The highest BCUT2D eigenvalue weighted by molar-refractivity contribution is 6.32. The molecule has 0 amide bonds. The first kappa shape index (κ1) is 16.6. The highest BCUT2D eigenvalue weighted by Crippen LogP contribution is 2.33. The van der Waals surface area contributed by atoms with Gasteiger partial charge in [-0.25, -0.2) is 0 Å². The molecule has 1 aromatic rings. The average Bonchev–Trinajstić information content (AvgIpc) is 2.42. The van der Waals surface area contributed by atoms with Crippen LogP contribution in [-0.2, 0) is 6.54 Å². The summed E-state index contributed by atoms with van der Waals surface area (Å²) >= 11 is 6.37. The minimum Gasteiger partial charge on any atom is -0.489 e. The quantitative estimate of drug-likeness (QED) is 0.794. The van der Waals surface area contributed by atoms with E-state index in [4.69, 9.17) is 16.3 Å². The van der Waals surface area contributed by atoms with E-state index in [9.17, 15) is 0 Å². The molecule has 1 fully saturated rings. The second-order valence-corrected chi connectivity index (χ2v) is 7.17. The molecule has 0 radical (unpaired) electrons. The lowest BCUT2D eigenvalue weighted by Gasteiger charge is -2.28. The van der Waals surface area contributed by atoms with Crippen molar-refractivity contribution < 1.29 is 4.74 Å². The van der Waals surface area contributed by atoms with E-state index in [1.54, 1.807) is 0 Å². The summed E-state index contributed by atoms with van der Waals surface area (Å²) in [5, 5.41) is 4.21. The molecule has 21 heavy (non-hydrogen) atoms. The van der Waals surface area contributed by atoms with Crippen molar-refractivity contribution in [2.45, 2.75) is 59.1 Å². The molecule has 1 aliphatic carbocycles. The van der Waals surface area contributed by atoms with Gasteiger partial charge in [-0.15, -0.1) is 0 Å². The van der Waals surface area contributed by atoms with Gasteiger partial charge in [-0.05, 0) is 43.7 Å². The van der Waals surface area contributed by atoms with Crippen molar-refractivity contribution >= 4 is 11.6 Å². The number of benzene rings is 1. The minimum atomic E-state index is 0.317. The van der Waals surface area contributed by atoms with Crippen LogP contribution in [0.5, 0.6) is 5.75 Å². The van der Waals surface area contributed by atoms with Gasteiger partial charge in [0.25, 0.3) is 0 Å². The van der Waals surface area contributed by atoms with Gasteiger partial charge in [0.05, 0.1) is 11.1 Å². The van der Waals surface area contributed by atoms with E-state index in [1.807, 2.05) is 12.1 Å². The third kappa shape index (κ3) is 5.19. The zero-order valence-electron chi connectivity index (χ0n) is 13.5. The van der Waals surface area contributed by atoms with Gasteiger partial charge in [-0.2, -0.15) is 0 Å². The van der Waals surface area contributed by atoms with Crippen molar-refractivity contribution in [1.29, 1.82) is 0 Å². The van der Waals surface area contributed by atoms with Gasteiger partial charge in [-0.3, -0.25) is 0 Å². The van der Waals surface area contributed by atoms with Gasteiger partial charge in [0, 0.05) is 12.1 Å². The van der Waals surface area contributed by atoms with Crippen LogP contribution in [0.1, 0.15) is 52.0 Å². The zero-order chi connectivity index (χ0) is 15.2. The number of nitrogens with one attached hydrogen (secondary N) is 1. The number of hydrogen-bond donors (Lipinski definition) is 1. The highest BCUT2D eigenvalue weighted by atomic mass is 35.5. The molecule has 3 heteroatoms. The smallest absolute Gasteiger partial charge is 0.142 e. The summed E-state index contributed by atoms with van der Waals surface area (Å²) < 4.78 is 6.27. The summed E-state index contributed by atoms with van der Waals surface area (Å²) in [4.78, 5) is 0. The van der Waals surface area contributed by atoms with Gasteiger partial charge in [0.1, 0.15) is 5.75 Å². The molecular weight excluding hydrogens is 282 g/mol. The molecule has 0 aliphatic heterocycles. The molecule has 1 aliphatic rings. The van der Waals surface area contributed by atoms with Gasteiger partial charge in [0.2, 0.25) is 0 Å². The maximum atomic E-state index is 6.37. The van der Waals surface area contributed by atoms with Crippen LogP contribution in [0.2, 0.25) is 5.02 Å². The molecule has 1 aromatic carbocycles. The van der Waals surface area contributed by atoms with E-state index < -0.39 is 0 Å². The first-order valence-corrected chi connectivity index (χ1v) is 8.58. The highest BCUT2D eigenvalue weighted by Gasteiger charge is 2.22. The van der Waals surface area contributed by atoms with Crippen molar-refractivity contribution in [3.05, 3.63) is 28.8 Å². The maximum Gasteiger partial charge on any atom is 0.142 e. The van der Waals surface area contributed by atoms with Crippen LogP contribution in [0.3, 0.4) is 0 Å². The van der Waals surface area contributed by atoms with E-state index in [1.165, 1.54) is 18.4 Å². The Morgan fingerprint density at radius 2 is 2.14 bits per heavy atom. The molecule has 0 spiro atoms. The molecule has 1 N–H and O–H groups in total. The predicted molar refractivity (Wildman–Crippen MR) is 90.0 cm³/mol. The van der Waals surface area contributed by atoms with Crippen LogP contribution in [-0.4, -0.2) is 12.6 Å². The molecule has 0 bridgehead atoms. The third-order valence-corrected chi connectivity index (χ3v) is 4.39. The van der Waals surface area contributed by atoms with Crippen LogP contribution in [0.25, 0.3) is 0 Å². The monoisotopic (exact) mass is 309 g/mol. The van der Waals surface area contributed by atoms with Crippen molar-refractivity contribution in [3.63, 3.8) is 0 Å². The Labute approximate surface area is 134 Å². The minimum absolute atomic E-state index is 0.317. The van der Waals surface area contributed by atoms with Crippen LogP contribution in [0.4, 0.5) is 0 Å². The normalized spacial score (nSPS) is 22.5. The fraction of sp³-hybridized carbons (Fsp3) is 0.667. The lowest BCUT2D eigenvalue weighted by atomic mass is 9.88. The standard InChI is InChI=1S/C18H28ClNO/c1-13(2)11-20-12-15-7-5-9-17(19)18(15)21-16-8-4-6-14(3)10-16/h5,7,9,13-14,16,20H,4,6,8,10-12H2,1-3H3. The Balaban J connectivity index is 2.02. The molecule has 0 saturated heterocycles. The number of para-hydroxylation sites is 1. The van der Waals surface area contributed by atoms with Crippen molar-refractivity contribution in [2.24, 2.45) is 11.8 Å². The number of halogens is 1. The second kappa shape index (κ2) is 8.05. The van der Waals surface area contributed by atoms with Crippen LogP contribution in [0.15, 0.2) is 18.2 Å². The molecule has 2 atom stereocenters. The average molecular weight is 310 g/mol. The van der Waals surface area contributed by atoms with Crippen molar-refractivity contribution in [1.82, 2.24) is 5.32 Å². The number of hydrogen-bond acceptors (Lipinski definition) is 2. The summed E-state index contributed by atoms with van der Waals surface area (Å²) in [6.07, 6.45) is 5.19.